The lowest BCUT2D eigenvalue weighted by molar-refractivity contribution is -0.131. The summed E-state index contributed by atoms with van der Waals surface area (Å²) in [5.41, 5.74) is -1.09. The van der Waals surface area contributed by atoms with Crippen molar-refractivity contribution in [3.8, 4) is 5.75 Å². The van der Waals surface area contributed by atoms with Gasteiger partial charge in [0.2, 0.25) is 0 Å². The number of carbonyl (C=O) groups is 2. The molecule has 1 aromatic carbocycles. The van der Waals surface area contributed by atoms with Crippen molar-refractivity contribution in [3.63, 3.8) is 0 Å². The SMILES string of the molecule is Cc1cc(C(=O)C(=O)O)cc(C(F)F)c1O. The Morgan fingerprint density at radius 1 is 1.31 bits per heavy atom. The van der Waals surface area contributed by atoms with Crippen LogP contribution < -0.4 is 0 Å². The van der Waals surface area contributed by atoms with Crippen LogP contribution in [0.1, 0.15) is 27.9 Å². The van der Waals surface area contributed by atoms with E-state index in [2.05, 4.69) is 0 Å². The third-order valence-electron chi connectivity index (χ3n) is 2.02. The zero-order valence-corrected chi connectivity index (χ0v) is 8.20. The molecule has 0 atom stereocenters. The van der Waals surface area contributed by atoms with Crippen LogP contribution in [-0.2, 0) is 4.79 Å². The van der Waals surface area contributed by atoms with Crippen molar-refractivity contribution in [3.05, 3.63) is 28.8 Å². The third-order valence-corrected chi connectivity index (χ3v) is 2.02. The van der Waals surface area contributed by atoms with Crippen LogP contribution in [0, 0.1) is 6.92 Å². The van der Waals surface area contributed by atoms with Crippen LogP contribution in [0.4, 0.5) is 8.78 Å². The van der Waals surface area contributed by atoms with Crippen molar-refractivity contribution in [2.75, 3.05) is 0 Å². The zero-order valence-electron chi connectivity index (χ0n) is 8.20. The molecule has 86 valence electrons. The molecule has 0 aromatic heterocycles. The number of Topliss-reactive ketones (excluding diaryl/α,β-unsaturated/α-hetero) is 1. The van der Waals surface area contributed by atoms with E-state index in [4.69, 9.17) is 5.11 Å². The van der Waals surface area contributed by atoms with Crippen molar-refractivity contribution in [1.29, 1.82) is 0 Å². The number of ketones is 1. The number of phenols is 1. The Balaban J connectivity index is 3.35. The number of carboxylic acid groups (broad SMARTS) is 1. The molecule has 4 nitrogen and oxygen atoms in total. The van der Waals surface area contributed by atoms with Crippen LogP contribution in [0.15, 0.2) is 12.1 Å². The van der Waals surface area contributed by atoms with Gasteiger partial charge in [0.1, 0.15) is 5.75 Å². The second-order valence-corrected chi connectivity index (χ2v) is 3.17. The molecule has 0 saturated carbocycles. The summed E-state index contributed by atoms with van der Waals surface area (Å²) >= 11 is 0. The molecule has 6 heteroatoms. The minimum Gasteiger partial charge on any atom is -0.507 e. The minimum absolute atomic E-state index is 0.0300. The number of phenolic OH excluding ortho intramolecular Hbond substituents is 1. The lowest BCUT2D eigenvalue weighted by Gasteiger charge is -2.08. The molecule has 0 aliphatic heterocycles. The Kier molecular flexibility index (Phi) is 3.22. The number of carbonyl (C=O) groups excluding carboxylic acids is 1. The monoisotopic (exact) mass is 230 g/mol. The molecule has 1 rings (SSSR count). The number of aryl methyl sites for hydroxylation is 1. The van der Waals surface area contributed by atoms with Crippen molar-refractivity contribution < 1.29 is 28.6 Å². The number of hydrogen-bond acceptors (Lipinski definition) is 3. The summed E-state index contributed by atoms with van der Waals surface area (Å²) in [4.78, 5) is 21.4. The predicted molar refractivity (Wildman–Crippen MR) is 49.8 cm³/mol. The summed E-state index contributed by atoms with van der Waals surface area (Å²) in [7, 11) is 0. The van der Waals surface area contributed by atoms with Gasteiger partial charge in [-0.1, -0.05) is 0 Å². The first kappa shape index (κ1) is 12.1. The topological polar surface area (TPSA) is 74.6 Å². The van der Waals surface area contributed by atoms with Crippen LogP contribution in [0.5, 0.6) is 5.75 Å². The second-order valence-electron chi connectivity index (χ2n) is 3.17. The van der Waals surface area contributed by atoms with E-state index in [1.165, 1.54) is 6.92 Å². The number of rotatable bonds is 3. The molecule has 0 amide bonds. The molecule has 0 saturated heterocycles. The molecule has 2 N–H and O–H groups in total. The number of hydrogen-bond donors (Lipinski definition) is 2. The number of benzene rings is 1. The molecule has 0 bridgehead atoms. The average molecular weight is 230 g/mol. The summed E-state index contributed by atoms with van der Waals surface area (Å²) in [5.74, 6) is -3.65. The number of aromatic hydroxyl groups is 1. The van der Waals surface area contributed by atoms with Gasteiger partial charge in [-0.05, 0) is 24.6 Å². The van der Waals surface area contributed by atoms with Crippen molar-refractivity contribution >= 4 is 11.8 Å². The molecule has 0 radical (unpaired) electrons. The summed E-state index contributed by atoms with van der Waals surface area (Å²) < 4.78 is 24.9. The second kappa shape index (κ2) is 4.26. The number of halogens is 2. The van der Waals surface area contributed by atoms with E-state index in [0.717, 1.165) is 6.07 Å². The van der Waals surface area contributed by atoms with Crippen LogP contribution in [0.25, 0.3) is 0 Å². The number of carboxylic acids is 1. The molecule has 0 unspecified atom stereocenters. The van der Waals surface area contributed by atoms with E-state index in [0.29, 0.717) is 6.07 Å². The van der Waals surface area contributed by atoms with Gasteiger partial charge in [0.25, 0.3) is 12.2 Å². The van der Waals surface area contributed by atoms with E-state index in [1.54, 1.807) is 0 Å². The van der Waals surface area contributed by atoms with Crippen molar-refractivity contribution in [1.82, 2.24) is 0 Å². The minimum atomic E-state index is -2.97. The maximum absolute atomic E-state index is 12.4. The molecule has 0 aliphatic rings. The third kappa shape index (κ3) is 2.16. The summed E-state index contributed by atoms with van der Waals surface area (Å²) in [6.45, 7) is 1.31. The normalized spacial score (nSPS) is 10.5. The Morgan fingerprint density at radius 2 is 1.88 bits per heavy atom. The predicted octanol–water partition coefficient (Wildman–Crippen LogP) is 1.91. The van der Waals surface area contributed by atoms with Gasteiger partial charge in [0.05, 0.1) is 5.56 Å². The summed E-state index contributed by atoms with van der Waals surface area (Å²) in [6.07, 6.45) is -2.97. The van der Waals surface area contributed by atoms with Crippen LogP contribution in [0.3, 0.4) is 0 Å². The molecule has 1 aromatic rings. The first-order chi connectivity index (χ1) is 7.34. The molecular formula is C10H8F2O4. The van der Waals surface area contributed by atoms with Crippen LogP contribution >= 0.6 is 0 Å². The van der Waals surface area contributed by atoms with Gasteiger partial charge in [0, 0.05) is 5.56 Å². The maximum atomic E-state index is 12.4. The fourth-order valence-electron chi connectivity index (χ4n) is 1.23. The summed E-state index contributed by atoms with van der Waals surface area (Å²) in [6, 6.07) is 1.74. The highest BCUT2D eigenvalue weighted by atomic mass is 19.3. The van der Waals surface area contributed by atoms with Gasteiger partial charge in [0.15, 0.2) is 0 Å². The van der Waals surface area contributed by atoms with Crippen molar-refractivity contribution in [2.45, 2.75) is 13.3 Å². The Labute approximate surface area is 89.1 Å². The Hall–Kier alpha value is -1.98. The highest BCUT2D eigenvalue weighted by Gasteiger charge is 2.21. The van der Waals surface area contributed by atoms with E-state index in [9.17, 15) is 23.5 Å². The van der Waals surface area contributed by atoms with Gasteiger partial charge in [-0.3, -0.25) is 4.79 Å². The molecule has 0 heterocycles. The van der Waals surface area contributed by atoms with Gasteiger partial charge < -0.3 is 10.2 Å². The molecule has 16 heavy (non-hydrogen) atoms. The molecule has 0 fully saturated rings. The van der Waals surface area contributed by atoms with E-state index in [1.807, 2.05) is 0 Å². The molecular weight excluding hydrogens is 222 g/mol. The van der Waals surface area contributed by atoms with E-state index < -0.39 is 29.5 Å². The maximum Gasteiger partial charge on any atom is 0.377 e. The molecule has 0 aliphatic carbocycles. The highest BCUT2D eigenvalue weighted by Crippen LogP contribution is 2.32. The van der Waals surface area contributed by atoms with Gasteiger partial charge in [-0.15, -0.1) is 0 Å². The first-order valence-corrected chi connectivity index (χ1v) is 4.24. The smallest absolute Gasteiger partial charge is 0.377 e. The van der Waals surface area contributed by atoms with E-state index in [-0.39, 0.29) is 11.1 Å². The zero-order chi connectivity index (χ0) is 12.5. The largest absolute Gasteiger partial charge is 0.507 e. The number of aliphatic carboxylic acids is 1. The first-order valence-electron chi connectivity index (χ1n) is 4.24. The highest BCUT2D eigenvalue weighted by molar-refractivity contribution is 6.39. The van der Waals surface area contributed by atoms with Crippen LogP contribution in [0.2, 0.25) is 0 Å². The van der Waals surface area contributed by atoms with Crippen LogP contribution in [-0.4, -0.2) is 22.0 Å². The van der Waals surface area contributed by atoms with Gasteiger partial charge in [-0.2, -0.15) is 0 Å². The van der Waals surface area contributed by atoms with Gasteiger partial charge >= 0.3 is 5.97 Å². The fourth-order valence-corrected chi connectivity index (χ4v) is 1.23. The lowest BCUT2D eigenvalue weighted by atomic mass is 10.0. The fraction of sp³-hybridized carbons (Fsp3) is 0.200. The number of alkyl halides is 2. The van der Waals surface area contributed by atoms with E-state index >= 15 is 0 Å². The standard InChI is InChI=1S/C10H8F2O4/c1-4-2-5(8(14)10(15)16)3-6(7(4)13)9(11)12/h2-3,9,13H,1H3,(H,15,16). The quantitative estimate of drug-likeness (QED) is 0.614. The Bertz CT molecular complexity index is 454. The van der Waals surface area contributed by atoms with Gasteiger partial charge in [-0.25, -0.2) is 13.6 Å². The Morgan fingerprint density at radius 3 is 2.31 bits per heavy atom. The van der Waals surface area contributed by atoms with Crippen molar-refractivity contribution in [2.24, 2.45) is 0 Å². The summed E-state index contributed by atoms with van der Waals surface area (Å²) in [5, 5.41) is 17.7. The average Bonchev–Trinajstić information content (AvgIpc) is 2.20. The lowest BCUT2D eigenvalue weighted by Crippen LogP contribution is -2.13. The molecule has 0 spiro atoms.